The molecule has 17 heavy (non-hydrogen) atoms. The summed E-state index contributed by atoms with van der Waals surface area (Å²) in [6.07, 6.45) is -0.505. The first-order chi connectivity index (χ1) is 8.08. The number of aliphatic hydroxyl groups excluding tert-OH is 1. The zero-order valence-corrected chi connectivity index (χ0v) is 10.5. The number of nitrogens with zero attached hydrogens (tertiary/aromatic N) is 2. The van der Waals surface area contributed by atoms with Gasteiger partial charge in [-0.3, -0.25) is 4.68 Å². The number of aliphatic hydroxyl groups is 1. The van der Waals surface area contributed by atoms with E-state index >= 15 is 0 Å². The zero-order chi connectivity index (χ0) is 12.4. The minimum atomic E-state index is -0.505. The number of aromatic nitrogens is 2. The molecule has 0 bridgehead atoms. The molecule has 2 aromatic rings. The summed E-state index contributed by atoms with van der Waals surface area (Å²) in [4.78, 5) is 0. The van der Waals surface area contributed by atoms with Crippen molar-refractivity contribution in [1.29, 1.82) is 0 Å². The Hall–Kier alpha value is -1.61. The van der Waals surface area contributed by atoms with Gasteiger partial charge >= 0.3 is 0 Å². The molecule has 2 rings (SSSR count). The van der Waals surface area contributed by atoms with Crippen LogP contribution in [0.1, 0.15) is 28.6 Å². The predicted octanol–water partition coefficient (Wildman–Crippen LogP) is 2.54. The van der Waals surface area contributed by atoms with Gasteiger partial charge in [0, 0.05) is 5.69 Å². The van der Waals surface area contributed by atoms with Crippen molar-refractivity contribution in [3.8, 4) is 0 Å². The zero-order valence-electron chi connectivity index (χ0n) is 10.5. The van der Waals surface area contributed by atoms with Crippen LogP contribution < -0.4 is 0 Å². The van der Waals surface area contributed by atoms with Crippen LogP contribution in [0.15, 0.2) is 30.3 Å². The fourth-order valence-corrected chi connectivity index (χ4v) is 2.08. The van der Waals surface area contributed by atoms with E-state index in [2.05, 4.69) is 5.10 Å². The van der Waals surface area contributed by atoms with Gasteiger partial charge in [0.1, 0.15) is 0 Å². The van der Waals surface area contributed by atoms with Gasteiger partial charge in [0.25, 0.3) is 0 Å². The molecule has 90 valence electrons. The fourth-order valence-electron chi connectivity index (χ4n) is 2.08. The van der Waals surface area contributed by atoms with Gasteiger partial charge in [-0.25, -0.2) is 0 Å². The normalized spacial score (nSPS) is 12.7. The van der Waals surface area contributed by atoms with Gasteiger partial charge in [0.15, 0.2) is 0 Å². The standard InChI is InChI=1S/C14H18N2O/c1-10-6-4-5-7-13(10)14(17)9-16-12(3)8-11(2)15-16/h4-8,14,17H,9H2,1-3H3. The lowest BCUT2D eigenvalue weighted by atomic mass is 10.0. The smallest absolute Gasteiger partial charge is 0.0988 e. The third kappa shape index (κ3) is 2.56. The average molecular weight is 230 g/mol. The summed E-state index contributed by atoms with van der Waals surface area (Å²) in [6.45, 7) is 6.48. The Labute approximate surface area is 102 Å². The first-order valence-corrected chi connectivity index (χ1v) is 5.82. The van der Waals surface area contributed by atoms with E-state index in [1.165, 1.54) is 0 Å². The third-order valence-corrected chi connectivity index (χ3v) is 3.00. The topological polar surface area (TPSA) is 38.0 Å². The Morgan fingerprint density at radius 2 is 1.94 bits per heavy atom. The van der Waals surface area contributed by atoms with Gasteiger partial charge in [0.05, 0.1) is 18.3 Å². The summed E-state index contributed by atoms with van der Waals surface area (Å²) in [6, 6.07) is 9.93. The molecule has 1 aromatic heterocycles. The third-order valence-electron chi connectivity index (χ3n) is 3.00. The van der Waals surface area contributed by atoms with Crippen LogP contribution >= 0.6 is 0 Å². The van der Waals surface area contributed by atoms with E-state index < -0.39 is 6.10 Å². The Morgan fingerprint density at radius 3 is 2.53 bits per heavy atom. The van der Waals surface area contributed by atoms with Crippen LogP contribution in [0.2, 0.25) is 0 Å². The Morgan fingerprint density at radius 1 is 1.24 bits per heavy atom. The lowest BCUT2D eigenvalue weighted by Crippen LogP contribution is -2.12. The number of benzene rings is 1. The maximum atomic E-state index is 10.2. The Bertz CT molecular complexity index is 517. The Kier molecular flexibility index (Phi) is 3.29. The SMILES string of the molecule is Cc1cc(C)n(CC(O)c2ccccc2C)n1. The molecule has 3 heteroatoms. The molecule has 0 saturated carbocycles. The van der Waals surface area contributed by atoms with Crippen molar-refractivity contribution in [2.45, 2.75) is 33.4 Å². The van der Waals surface area contributed by atoms with Crippen molar-refractivity contribution in [3.63, 3.8) is 0 Å². The van der Waals surface area contributed by atoms with Crippen LogP contribution in [0.4, 0.5) is 0 Å². The van der Waals surface area contributed by atoms with Crippen molar-refractivity contribution in [3.05, 3.63) is 52.8 Å². The molecule has 1 unspecified atom stereocenters. The first-order valence-electron chi connectivity index (χ1n) is 5.82. The molecule has 0 aliphatic heterocycles. The second-order valence-corrected chi connectivity index (χ2v) is 4.48. The lowest BCUT2D eigenvalue weighted by molar-refractivity contribution is 0.150. The predicted molar refractivity (Wildman–Crippen MR) is 67.8 cm³/mol. The summed E-state index contributed by atoms with van der Waals surface area (Å²) >= 11 is 0. The van der Waals surface area contributed by atoms with Crippen molar-refractivity contribution >= 4 is 0 Å². The lowest BCUT2D eigenvalue weighted by Gasteiger charge is -2.14. The van der Waals surface area contributed by atoms with Crippen LogP contribution in [-0.4, -0.2) is 14.9 Å². The molecule has 1 heterocycles. The molecule has 0 fully saturated rings. The summed E-state index contributed by atoms with van der Waals surface area (Å²) < 4.78 is 1.85. The summed E-state index contributed by atoms with van der Waals surface area (Å²) in [5.74, 6) is 0. The van der Waals surface area contributed by atoms with Crippen LogP contribution in [0.3, 0.4) is 0 Å². The summed E-state index contributed by atoms with van der Waals surface area (Å²) in [7, 11) is 0. The molecule has 0 spiro atoms. The maximum absolute atomic E-state index is 10.2. The van der Waals surface area contributed by atoms with Crippen molar-refractivity contribution < 1.29 is 5.11 Å². The average Bonchev–Trinajstić information content (AvgIpc) is 2.58. The van der Waals surface area contributed by atoms with Gasteiger partial charge in [-0.1, -0.05) is 24.3 Å². The maximum Gasteiger partial charge on any atom is 0.0988 e. The van der Waals surface area contributed by atoms with Crippen molar-refractivity contribution in [2.24, 2.45) is 0 Å². The largest absolute Gasteiger partial charge is 0.386 e. The molecule has 1 aromatic carbocycles. The van der Waals surface area contributed by atoms with E-state index in [1.54, 1.807) is 0 Å². The molecule has 0 aliphatic carbocycles. The second-order valence-electron chi connectivity index (χ2n) is 4.48. The van der Waals surface area contributed by atoms with E-state index in [0.29, 0.717) is 6.54 Å². The van der Waals surface area contributed by atoms with Crippen LogP contribution in [0.5, 0.6) is 0 Å². The summed E-state index contributed by atoms with van der Waals surface area (Å²) in [5.41, 5.74) is 4.15. The molecule has 1 atom stereocenters. The molecule has 0 radical (unpaired) electrons. The van der Waals surface area contributed by atoms with Crippen LogP contribution in [-0.2, 0) is 6.54 Å². The minimum Gasteiger partial charge on any atom is -0.386 e. The van der Waals surface area contributed by atoms with Crippen LogP contribution in [0, 0.1) is 20.8 Å². The molecule has 0 aliphatic rings. The van der Waals surface area contributed by atoms with E-state index in [9.17, 15) is 5.11 Å². The van der Waals surface area contributed by atoms with Crippen molar-refractivity contribution in [2.75, 3.05) is 0 Å². The van der Waals surface area contributed by atoms with E-state index in [1.807, 2.05) is 55.8 Å². The molecule has 0 amide bonds. The molecular weight excluding hydrogens is 212 g/mol. The van der Waals surface area contributed by atoms with E-state index in [4.69, 9.17) is 0 Å². The number of aryl methyl sites for hydroxylation is 3. The second kappa shape index (κ2) is 4.72. The number of hydrogen-bond acceptors (Lipinski definition) is 2. The molecular formula is C14H18N2O. The minimum absolute atomic E-state index is 0.504. The quantitative estimate of drug-likeness (QED) is 0.880. The van der Waals surface area contributed by atoms with Gasteiger partial charge in [-0.2, -0.15) is 5.10 Å². The fraction of sp³-hybridized carbons (Fsp3) is 0.357. The number of hydrogen-bond donors (Lipinski definition) is 1. The first kappa shape index (κ1) is 11.9. The van der Waals surface area contributed by atoms with Gasteiger partial charge in [-0.05, 0) is 38.0 Å². The highest BCUT2D eigenvalue weighted by Gasteiger charge is 2.12. The molecule has 1 N–H and O–H groups in total. The molecule has 0 saturated heterocycles. The Balaban J connectivity index is 2.20. The monoisotopic (exact) mass is 230 g/mol. The van der Waals surface area contributed by atoms with Crippen LogP contribution in [0.25, 0.3) is 0 Å². The van der Waals surface area contributed by atoms with Gasteiger partial charge in [-0.15, -0.1) is 0 Å². The van der Waals surface area contributed by atoms with E-state index in [0.717, 1.165) is 22.5 Å². The van der Waals surface area contributed by atoms with Crippen molar-refractivity contribution in [1.82, 2.24) is 9.78 Å². The summed E-state index contributed by atoms with van der Waals surface area (Å²) in [5, 5.41) is 14.6. The van der Waals surface area contributed by atoms with Gasteiger partial charge in [0.2, 0.25) is 0 Å². The van der Waals surface area contributed by atoms with Gasteiger partial charge < -0.3 is 5.11 Å². The highest BCUT2D eigenvalue weighted by molar-refractivity contribution is 5.27. The highest BCUT2D eigenvalue weighted by Crippen LogP contribution is 2.19. The number of rotatable bonds is 3. The highest BCUT2D eigenvalue weighted by atomic mass is 16.3. The van der Waals surface area contributed by atoms with E-state index in [-0.39, 0.29) is 0 Å². The molecule has 3 nitrogen and oxygen atoms in total.